The smallest absolute Gasteiger partial charge is 0.313 e. The Morgan fingerprint density at radius 3 is 2.59 bits per heavy atom. The van der Waals surface area contributed by atoms with Crippen molar-refractivity contribution in [3.8, 4) is 0 Å². The second-order valence-corrected chi connectivity index (χ2v) is 5.27. The molecule has 1 aromatic rings. The molecule has 0 radical (unpaired) electrons. The van der Waals surface area contributed by atoms with Crippen molar-refractivity contribution in [2.75, 3.05) is 12.3 Å². The fraction of sp³-hybridized carbons (Fsp3) is 0.500. The van der Waals surface area contributed by atoms with Gasteiger partial charge in [-0.15, -0.1) is 0 Å². The van der Waals surface area contributed by atoms with Crippen molar-refractivity contribution in [1.29, 1.82) is 0 Å². The van der Waals surface area contributed by atoms with Crippen molar-refractivity contribution in [1.82, 2.24) is 5.32 Å². The molecule has 0 bridgehead atoms. The van der Waals surface area contributed by atoms with Crippen molar-refractivity contribution in [3.63, 3.8) is 0 Å². The minimum atomic E-state index is -4.11. The standard InChI is InChI=1S/C12H14F3NS/c13-12(14,15)17-7-6-16-11-8-10(11)9-4-2-1-3-5-9/h1-5,10-11,16H,6-8H2. The lowest BCUT2D eigenvalue weighted by Gasteiger charge is -2.06. The molecule has 2 rings (SSSR count). The highest BCUT2D eigenvalue weighted by Crippen LogP contribution is 2.40. The first-order valence-electron chi connectivity index (χ1n) is 5.55. The molecular formula is C12H14F3NS. The maximum atomic E-state index is 11.9. The number of rotatable bonds is 5. The van der Waals surface area contributed by atoms with Crippen LogP contribution in [0.2, 0.25) is 0 Å². The molecule has 5 heteroatoms. The highest BCUT2D eigenvalue weighted by Gasteiger charge is 2.37. The monoisotopic (exact) mass is 261 g/mol. The van der Waals surface area contributed by atoms with E-state index in [1.54, 1.807) is 0 Å². The summed E-state index contributed by atoms with van der Waals surface area (Å²) in [5.41, 5.74) is -2.84. The second kappa shape index (κ2) is 5.31. The molecule has 1 N–H and O–H groups in total. The van der Waals surface area contributed by atoms with E-state index in [9.17, 15) is 13.2 Å². The Balaban J connectivity index is 1.64. The van der Waals surface area contributed by atoms with Crippen molar-refractivity contribution >= 4 is 11.8 Å². The molecule has 0 amide bonds. The van der Waals surface area contributed by atoms with Crippen LogP contribution >= 0.6 is 11.8 Å². The van der Waals surface area contributed by atoms with Crippen LogP contribution in [-0.4, -0.2) is 23.8 Å². The lowest BCUT2D eigenvalue weighted by Crippen LogP contribution is -2.22. The van der Waals surface area contributed by atoms with Gasteiger partial charge in [0.15, 0.2) is 0 Å². The number of hydrogen-bond acceptors (Lipinski definition) is 2. The van der Waals surface area contributed by atoms with Gasteiger partial charge in [0.1, 0.15) is 0 Å². The Morgan fingerprint density at radius 1 is 1.24 bits per heavy atom. The number of alkyl halides is 3. The summed E-state index contributed by atoms with van der Waals surface area (Å²) in [4.78, 5) is 0. The van der Waals surface area contributed by atoms with Crippen molar-refractivity contribution < 1.29 is 13.2 Å². The van der Waals surface area contributed by atoms with Gasteiger partial charge in [-0.1, -0.05) is 30.3 Å². The van der Waals surface area contributed by atoms with Crippen molar-refractivity contribution in [3.05, 3.63) is 35.9 Å². The first-order valence-corrected chi connectivity index (χ1v) is 6.54. The summed E-state index contributed by atoms with van der Waals surface area (Å²) in [6, 6.07) is 10.4. The molecule has 1 saturated carbocycles. The molecule has 1 fully saturated rings. The minimum absolute atomic E-state index is 0.0379. The van der Waals surface area contributed by atoms with Crippen LogP contribution in [-0.2, 0) is 0 Å². The van der Waals surface area contributed by atoms with Crippen LogP contribution in [0.5, 0.6) is 0 Å². The highest BCUT2D eigenvalue weighted by molar-refractivity contribution is 8.00. The van der Waals surface area contributed by atoms with Gasteiger partial charge in [-0.2, -0.15) is 13.2 Å². The van der Waals surface area contributed by atoms with Gasteiger partial charge >= 0.3 is 5.51 Å². The van der Waals surface area contributed by atoms with Gasteiger partial charge in [-0.25, -0.2) is 0 Å². The van der Waals surface area contributed by atoms with Crippen molar-refractivity contribution in [2.24, 2.45) is 0 Å². The van der Waals surface area contributed by atoms with Crippen molar-refractivity contribution in [2.45, 2.75) is 23.9 Å². The Hall–Kier alpha value is -0.680. The number of benzene rings is 1. The van der Waals surface area contributed by atoms with Crippen LogP contribution in [0.15, 0.2) is 30.3 Å². The van der Waals surface area contributed by atoms with Gasteiger partial charge in [-0.3, -0.25) is 0 Å². The summed E-state index contributed by atoms with van der Waals surface area (Å²) in [7, 11) is 0. The highest BCUT2D eigenvalue weighted by atomic mass is 32.2. The lowest BCUT2D eigenvalue weighted by atomic mass is 10.1. The summed E-state index contributed by atoms with van der Waals surface area (Å²) in [6.45, 7) is 0.415. The minimum Gasteiger partial charge on any atom is -0.313 e. The average molecular weight is 261 g/mol. The SMILES string of the molecule is FC(F)(F)SCCNC1CC1c1ccccc1. The quantitative estimate of drug-likeness (QED) is 0.815. The van der Waals surface area contributed by atoms with Gasteiger partial charge in [0.2, 0.25) is 0 Å². The first kappa shape index (κ1) is 12.8. The third-order valence-corrected chi connectivity index (χ3v) is 3.53. The summed E-state index contributed by atoms with van der Waals surface area (Å²) in [5, 5.41) is 3.16. The Morgan fingerprint density at radius 2 is 1.94 bits per heavy atom. The molecule has 0 spiro atoms. The zero-order chi connectivity index (χ0) is 12.3. The number of thioether (sulfide) groups is 1. The average Bonchev–Trinajstić information content (AvgIpc) is 3.04. The Labute approximate surface area is 103 Å². The van der Waals surface area contributed by atoms with Crippen LogP contribution in [0.4, 0.5) is 13.2 Å². The van der Waals surface area contributed by atoms with Crippen LogP contribution in [0.1, 0.15) is 17.9 Å². The van der Waals surface area contributed by atoms with Gasteiger partial charge < -0.3 is 5.32 Å². The van der Waals surface area contributed by atoms with Crippen LogP contribution in [0.25, 0.3) is 0 Å². The van der Waals surface area contributed by atoms with E-state index < -0.39 is 5.51 Å². The van der Waals surface area contributed by atoms with E-state index in [2.05, 4.69) is 17.4 Å². The van der Waals surface area contributed by atoms with Gasteiger partial charge in [0, 0.05) is 24.3 Å². The van der Waals surface area contributed by atoms with E-state index >= 15 is 0 Å². The molecule has 17 heavy (non-hydrogen) atoms. The summed E-state index contributed by atoms with van der Waals surface area (Å²) >= 11 is 0.0379. The fourth-order valence-electron chi connectivity index (χ4n) is 1.90. The van der Waals surface area contributed by atoms with Crippen LogP contribution in [0, 0.1) is 0 Å². The van der Waals surface area contributed by atoms with Gasteiger partial charge in [-0.05, 0) is 23.7 Å². The fourth-order valence-corrected chi connectivity index (χ4v) is 2.35. The molecule has 1 aromatic carbocycles. The summed E-state index contributed by atoms with van der Waals surface area (Å²) in [6.07, 6.45) is 1.03. The van der Waals surface area contributed by atoms with E-state index in [0.29, 0.717) is 18.5 Å². The molecule has 0 saturated heterocycles. The zero-order valence-corrected chi connectivity index (χ0v) is 10.0. The number of nitrogens with one attached hydrogen (secondary N) is 1. The normalized spacial score (nSPS) is 23.7. The Kier molecular flexibility index (Phi) is 3.99. The number of halogens is 3. The predicted octanol–water partition coefficient (Wildman–Crippen LogP) is 3.39. The predicted molar refractivity (Wildman–Crippen MR) is 64.1 cm³/mol. The molecule has 0 heterocycles. The van der Waals surface area contributed by atoms with E-state index in [1.165, 1.54) is 5.56 Å². The largest absolute Gasteiger partial charge is 0.441 e. The molecule has 2 atom stereocenters. The number of hydrogen-bond donors (Lipinski definition) is 1. The molecule has 2 unspecified atom stereocenters. The summed E-state index contributed by atoms with van der Waals surface area (Å²) < 4.78 is 35.6. The van der Waals surface area contributed by atoms with E-state index in [0.717, 1.165) is 6.42 Å². The summed E-state index contributed by atoms with van der Waals surface area (Å²) in [5.74, 6) is 0.564. The van der Waals surface area contributed by atoms with E-state index in [4.69, 9.17) is 0 Å². The third kappa shape index (κ3) is 4.24. The van der Waals surface area contributed by atoms with E-state index in [1.807, 2.05) is 18.2 Å². The zero-order valence-electron chi connectivity index (χ0n) is 9.20. The van der Waals surface area contributed by atoms with Crippen LogP contribution < -0.4 is 5.32 Å². The maximum absolute atomic E-state index is 11.9. The molecule has 94 valence electrons. The topological polar surface area (TPSA) is 12.0 Å². The third-order valence-electron chi connectivity index (χ3n) is 2.79. The first-order chi connectivity index (χ1) is 8.06. The molecular weight excluding hydrogens is 247 g/mol. The second-order valence-electron chi connectivity index (χ2n) is 4.11. The molecule has 0 aromatic heterocycles. The lowest BCUT2D eigenvalue weighted by molar-refractivity contribution is -0.0327. The molecule has 1 aliphatic rings. The molecule has 1 aliphatic carbocycles. The maximum Gasteiger partial charge on any atom is 0.441 e. The molecule has 1 nitrogen and oxygen atoms in total. The van der Waals surface area contributed by atoms with Crippen LogP contribution in [0.3, 0.4) is 0 Å². The van der Waals surface area contributed by atoms with Gasteiger partial charge in [0.25, 0.3) is 0 Å². The van der Waals surface area contributed by atoms with Gasteiger partial charge in [0.05, 0.1) is 0 Å². The molecule has 0 aliphatic heterocycles. The Bertz CT molecular complexity index is 353. The van der Waals surface area contributed by atoms with E-state index in [-0.39, 0.29) is 17.5 Å².